The maximum atomic E-state index is 10.7. The van der Waals surface area contributed by atoms with Crippen molar-refractivity contribution in [3.63, 3.8) is 0 Å². The Balaban J connectivity index is 2.76. The molecule has 3 N–H and O–H groups in total. The van der Waals surface area contributed by atoms with Gasteiger partial charge in [-0.3, -0.25) is 0 Å². The van der Waals surface area contributed by atoms with E-state index in [2.05, 4.69) is 15.3 Å². The molecule has 1 rings (SSSR count). The summed E-state index contributed by atoms with van der Waals surface area (Å²) in [5, 5.41) is 21.1. The number of carboxylic acid groups (broad SMARTS) is 1. The molecule has 94 valence electrons. The summed E-state index contributed by atoms with van der Waals surface area (Å²) in [6.45, 7) is 4.86. The minimum Gasteiger partial charge on any atom is -0.479 e. The van der Waals surface area contributed by atoms with Crippen LogP contribution < -0.4 is 5.32 Å². The summed E-state index contributed by atoms with van der Waals surface area (Å²) < 4.78 is 0. The van der Waals surface area contributed by atoms with Crippen LogP contribution in [0.2, 0.25) is 0 Å². The lowest BCUT2D eigenvalue weighted by Gasteiger charge is -2.18. The lowest BCUT2D eigenvalue weighted by atomic mass is 10.1. The van der Waals surface area contributed by atoms with Gasteiger partial charge in [-0.25, -0.2) is 14.8 Å². The maximum Gasteiger partial charge on any atom is 0.337 e. The van der Waals surface area contributed by atoms with Crippen LogP contribution in [0.3, 0.4) is 0 Å². The van der Waals surface area contributed by atoms with Gasteiger partial charge in [0.25, 0.3) is 0 Å². The van der Waals surface area contributed by atoms with E-state index in [1.807, 2.05) is 6.92 Å². The Morgan fingerprint density at radius 2 is 2.18 bits per heavy atom. The number of rotatable bonds is 5. The molecule has 1 aromatic heterocycles. The fraction of sp³-hybridized carbons (Fsp3) is 0.545. The number of carbonyl (C=O) groups is 1. The van der Waals surface area contributed by atoms with E-state index in [0.717, 1.165) is 12.1 Å². The number of aryl methyl sites for hydroxylation is 2. The number of hydrogen-bond acceptors (Lipinski definition) is 5. The molecule has 1 aromatic rings. The number of aliphatic carboxylic acids is 1. The predicted molar refractivity (Wildman–Crippen MR) is 62.9 cm³/mol. The fourth-order valence-corrected chi connectivity index (χ4v) is 1.24. The predicted octanol–water partition coefficient (Wildman–Crippen LogP) is 0.595. The first-order valence-corrected chi connectivity index (χ1v) is 5.39. The standard InChI is InChI=1S/C11H17N3O3/c1-4-8-5-9(14-7(2)13-8)12-6-11(3,17)10(15)16/h5,17H,4,6H2,1-3H3,(H,15,16)(H,12,13,14). The molecule has 6 heteroatoms. The van der Waals surface area contributed by atoms with Gasteiger partial charge in [0.05, 0.1) is 6.54 Å². The van der Waals surface area contributed by atoms with Gasteiger partial charge in [0, 0.05) is 11.8 Å². The molecule has 0 aliphatic heterocycles. The number of hydrogen-bond donors (Lipinski definition) is 3. The third kappa shape index (κ3) is 3.67. The molecule has 1 unspecified atom stereocenters. The molecule has 1 heterocycles. The van der Waals surface area contributed by atoms with Gasteiger partial charge in [0.1, 0.15) is 11.6 Å². The zero-order valence-electron chi connectivity index (χ0n) is 10.2. The van der Waals surface area contributed by atoms with E-state index in [4.69, 9.17) is 5.11 Å². The Labute approximate surface area is 99.7 Å². The van der Waals surface area contributed by atoms with Gasteiger partial charge in [-0.05, 0) is 20.3 Å². The second-order valence-corrected chi connectivity index (χ2v) is 4.08. The van der Waals surface area contributed by atoms with E-state index in [0.29, 0.717) is 11.6 Å². The number of anilines is 1. The minimum atomic E-state index is -1.81. The molecule has 0 aliphatic rings. The quantitative estimate of drug-likeness (QED) is 0.696. The van der Waals surface area contributed by atoms with Crippen molar-refractivity contribution in [3.05, 3.63) is 17.6 Å². The Morgan fingerprint density at radius 1 is 1.53 bits per heavy atom. The van der Waals surface area contributed by atoms with Crippen molar-refractivity contribution in [2.75, 3.05) is 11.9 Å². The van der Waals surface area contributed by atoms with Crippen molar-refractivity contribution in [2.45, 2.75) is 32.8 Å². The normalized spacial score (nSPS) is 14.1. The maximum absolute atomic E-state index is 10.7. The highest BCUT2D eigenvalue weighted by molar-refractivity contribution is 5.77. The van der Waals surface area contributed by atoms with E-state index in [1.165, 1.54) is 6.92 Å². The van der Waals surface area contributed by atoms with Crippen molar-refractivity contribution in [3.8, 4) is 0 Å². The van der Waals surface area contributed by atoms with E-state index in [9.17, 15) is 9.90 Å². The first-order chi connectivity index (χ1) is 7.85. The van der Waals surface area contributed by atoms with E-state index in [-0.39, 0.29) is 6.54 Å². The molecule has 0 saturated heterocycles. The number of nitrogens with one attached hydrogen (secondary N) is 1. The number of carboxylic acids is 1. The van der Waals surface area contributed by atoms with Crippen molar-refractivity contribution < 1.29 is 15.0 Å². The van der Waals surface area contributed by atoms with Crippen LogP contribution in [0.4, 0.5) is 5.82 Å². The van der Waals surface area contributed by atoms with Crippen LogP contribution >= 0.6 is 0 Å². The topological polar surface area (TPSA) is 95.3 Å². The largest absolute Gasteiger partial charge is 0.479 e. The van der Waals surface area contributed by atoms with Crippen molar-refractivity contribution in [2.24, 2.45) is 0 Å². The Morgan fingerprint density at radius 3 is 2.71 bits per heavy atom. The SMILES string of the molecule is CCc1cc(NCC(C)(O)C(=O)O)nc(C)n1. The second-order valence-electron chi connectivity index (χ2n) is 4.08. The molecular weight excluding hydrogens is 222 g/mol. The van der Waals surface area contributed by atoms with Gasteiger partial charge < -0.3 is 15.5 Å². The molecule has 0 aliphatic carbocycles. The van der Waals surface area contributed by atoms with Gasteiger partial charge in [-0.2, -0.15) is 0 Å². The fourth-order valence-electron chi connectivity index (χ4n) is 1.24. The third-order valence-electron chi connectivity index (χ3n) is 2.33. The van der Waals surface area contributed by atoms with Crippen LogP contribution in [0.15, 0.2) is 6.07 Å². The zero-order chi connectivity index (χ0) is 13.1. The molecule has 0 radical (unpaired) electrons. The lowest BCUT2D eigenvalue weighted by Crippen LogP contribution is -2.42. The molecule has 0 amide bonds. The highest BCUT2D eigenvalue weighted by Gasteiger charge is 2.29. The van der Waals surface area contributed by atoms with E-state index >= 15 is 0 Å². The van der Waals surface area contributed by atoms with Crippen LogP contribution in [-0.2, 0) is 11.2 Å². The van der Waals surface area contributed by atoms with Gasteiger partial charge in [-0.1, -0.05) is 6.92 Å². The number of aromatic nitrogens is 2. The van der Waals surface area contributed by atoms with E-state index < -0.39 is 11.6 Å². The van der Waals surface area contributed by atoms with Crippen molar-refractivity contribution in [1.82, 2.24) is 9.97 Å². The Bertz CT molecular complexity index is 418. The Kier molecular flexibility index (Phi) is 4.01. The highest BCUT2D eigenvalue weighted by Crippen LogP contribution is 2.10. The molecule has 6 nitrogen and oxygen atoms in total. The Hall–Kier alpha value is -1.69. The van der Waals surface area contributed by atoms with E-state index in [1.54, 1.807) is 13.0 Å². The highest BCUT2D eigenvalue weighted by atomic mass is 16.4. The molecule has 17 heavy (non-hydrogen) atoms. The van der Waals surface area contributed by atoms with Crippen LogP contribution in [-0.4, -0.2) is 38.3 Å². The summed E-state index contributed by atoms with van der Waals surface area (Å²) in [4.78, 5) is 19.0. The summed E-state index contributed by atoms with van der Waals surface area (Å²) in [6.07, 6.45) is 0.771. The summed E-state index contributed by atoms with van der Waals surface area (Å²) in [7, 11) is 0. The third-order valence-corrected chi connectivity index (χ3v) is 2.33. The summed E-state index contributed by atoms with van der Waals surface area (Å²) in [5.74, 6) is -0.135. The molecule has 1 atom stereocenters. The van der Waals surface area contributed by atoms with Crippen molar-refractivity contribution in [1.29, 1.82) is 0 Å². The number of nitrogens with zero attached hydrogens (tertiary/aromatic N) is 2. The smallest absolute Gasteiger partial charge is 0.337 e. The van der Waals surface area contributed by atoms with Crippen LogP contribution in [0, 0.1) is 6.92 Å². The van der Waals surface area contributed by atoms with Crippen LogP contribution in [0.5, 0.6) is 0 Å². The van der Waals surface area contributed by atoms with Gasteiger partial charge in [0.2, 0.25) is 0 Å². The van der Waals surface area contributed by atoms with Crippen molar-refractivity contribution >= 4 is 11.8 Å². The average molecular weight is 239 g/mol. The van der Waals surface area contributed by atoms with Gasteiger partial charge in [-0.15, -0.1) is 0 Å². The van der Waals surface area contributed by atoms with Gasteiger partial charge in [0.15, 0.2) is 5.60 Å². The summed E-state index contributed by atoms with van der Waals surface area (Å²) in [5.41, 5.74) is -0.944. The van der Waals surface area contributed by atoms with Crippen LogP contribution in [0.1, 0.15) is 25.4 Å². The number of aliphatic hydroxyl groups is 1. The summed E-state index contributed by atoms with van der Waals surface area (Å²) in [6, 6.07) is 1.74. The lowest BCUT2D eigenvalue weighted by molar-refractivity contribution is -0.155. The molecule has 0 fully saturated rings. The first-order valence-electron chi connectivity index (χ1n) is 5.39. The second kappa shape index (κ2) is 5.09. The molecule has 0 saturated carbocycles. The molecule has 0 spiro atoms. The monoisotopic (exact) mass is 239 g/mol. The minimum absolute atomic E-state index is 0.109. The summed E-state index contributed by atoms with van der Waals surface area (Å²) >= 11 is 0. The zero-order valence-corrected chi connectivity index (χ0v) is 10.2. The first kappa shape index (κ1) is 13.4. The average Bonchev–Trinajstić information content (AvgIpc) is 2.25. The molecule has 0 bridgehead atoms. The van der Waals surface area contributed by atoms with Crippen LogP contribution in [0.25, 0.3) is 0 Å². The van der Waals surface area contributed by atoms with Gasteiger partial charge >= 0.3 is 5.97 Å². The molecule has 0 aromatic carbocycles. The molecular formula is C11H17N3O3.